The number of hydrogen-bond acceptors (Lipinski definition) is 7. The van der Waals surface area contributed by atoms with Gasteiger partial charge in [-0.1, -0.05) is 18.2 Å². The summed E-state index contributed by atoms with van der Waals surface area (Å²) in [5, 5.41) is 38.3. The molecular formula is C17H17N3O6. The largest absolute Gasteiger partial charge is 0.394 e. The third-order valence-electron chi connectivity index (χ3n) is 4.35. The number of rotatable bonds is 4. The molecule has 26 heavy (non-hydrogen) atoms. The van der Waals surface area contributed by atoms with Crippen molar-refractivity contribution < 1.29 is 20.1 Å². The van der Waals surface area contributed by atoms with Crippen molar-refractivity contribution >= 4 is 0 Å². The van der Waals surface area contributed by atoms with Gasteiger partial charge in [0, 0.05) is 12.3 Å². The maximum absolute atomic E-state index is 12.7. The molecule has 136 valence electrons. The van der Waals surface area contributed by atoms with E-state index in [-0.39, 0.29) is 6.54 Å². The molecule has 2 heterocycles. The van der Waals surface area contributed by atoms with Crippen molar-refractivity contribution in [3.8, 4) is 6.07 Å². The molecule has 0 saturated carbocycles. The Hall–Kier alpha value is -2.77. The normalized spacial score (nSPS) is 25.2. The average Bonchev–Trinajstić information content (AvgIpc) is 2.93. The lowest BCUT2D eigenvalue weighted by Crippen LogP contribution is -2.43. The molecule has 0 aliphatic carbocycles. The summed E-state index contributed by atoms with van der Waals surface area (Å²) in [6, 6.07) is 9.70. The molecule has 3 rings (SSSR count). The van der Waals surface area contributed by atoms with Crippen molar-refractivity contribution in [2.24, 2.45) is 0 Å². The molecule has 1 aliphatic rings. The lowest BCUT2D eigenvalue weighted by Gasteiger charge is -2.18. The zero-order valence-corrected chi connectivity index (χ0v) is 13.6. The third kappa shape index (κ3) is 3.07. The molecule has 9 nitrogen and oxygen atoms in total. The van der Waals surface area contributed by atoms with E-state index >= 15 is 0 Å². The predicted octanol–water partition coefficient (Wildman–Crippen LogP) is -1.46. The van der Waals surface area contributed by atoms with Gasteiger partial charge in [0.05, 0.1) is 24.8 Å². The second-order valence-corrected chi connectivity index (χ2v) is 5.93. The third-order valence-corrected chi connectivity index (χ3v) is 4.35. The van der Waals surface area contributed by atoms with Crippen LogP contribution in [-0.4, -0.2) is 49.4 Å². The van der Waals surface area contributed by atoms with Crippen molar-refractivity contribution in [3.63, 3.8) is 0 Å². The highest BCUT2D eigenvalue weighted by Crippen LogP contribution is 2.27. The Morgan fingerprint density at radius 2 is 1.88 bits per heavy atom. The highest BCUT2D eigenvalue weighted by Gasteiger charge is 2.43. The van der Waals surface area contributed by atoms with Crippen molar-refractivity contribution in [2.45, 2.75) is 31.1 Å². The van der Waals surface area contributed by atoms with Crippen LogP contribution >= 0.6 is 0 Å². The van der Waals surface area contributed by atoms with Gasteiger partial charge >= 0.3 is 5.69 Å². The summed E-state index contributed by atoms with van der Waals surface area (Å²) in [6.45, 7) is -0.657. The lowest BCUT2D eigenvalue weighted by atomic mass is 10.1. The smallest absolute Gasteiger partial charge is 0.333 e. The van der Waals surface area contributed by atoms with Gasteiger partial charge in [0.25, 0.3) is 5.56 Å². The van der Waals surface area contributed by atoms with Gasteiger partial charge in [-0.3, -0.25) is 13.9 Å². The summed E-state index contributed by atoms with van der Waals surface area (Å²) in [5.74, 6) is 0. The number of ether oxygens (including phenoxy) is 1. The van der Waals surface area contributed by atoms with Crippen molar-refractivity contribution in [2.75, 3.05) is 6.61 Å². The van der Waals surface area contributed by atoms with Crippen LogP contribution in [0, 0.1) is 11.3 Å². The Morgan fingerprint density at radius 1 is 1.15 bits per heavy atom. The van der Waals surface area contributed by atoms with Crippen molar-refractivity contribution in [1.82, 2.24) is 9.13 Å². The van der Waals surface area contributed by atoms with Crippen molar-refractivity contribution in [1.29, 1.82) is 5.26 Å². The minimum Gasteiger partial charge on any atom is -0.394 e. The molecule has 1 aromatic carbocycles. The summed E-state index contributed by atoms with van der Waals surface area (Å²) in [6.07, 6.45) is -3.93. The molecule has 9 heteroatoms. The summed E-state index contributed by atoms with van der Waals surface area (Å²) in [7, 11) is 0. The minimum atomic E-state index is -1.44. The Balaban J connectivity index is 2.02. The molecule has 0 bridgehead atoms. The first-order chi connectivity index (χ1) is 12.5. The highest BCUT2D eigenvalue weighted by atomic mass is 16.6. The van der Waals surface area contributed by atoms with Crippen LogP contribution in [-0.2, 0) is 11.3 Å². The molecule has 0 radical (unpaired) electrons. The maximum Gasteiger partial charge on any atom is 0.333 e. The van der Waals surface area contributed by atoms with Crippen LogP contribution in [0.5, 0.6) is 0 Å². The molecular weight excluding hydrogens is 342 g/mol. The fourth-order valence-electron chi connectivity index (χ4n) is 2.92. The van der Waals surface area contributed by atoms with Gasteiger partial charge in [0.2, 0.25) is 0 Å². The lowest BCUT2D eigenvalue weighted by molar-refractivity contribution is -0.0555. The predicted molar refractivity (Wildman–Crippen MR) is 88.2 cm³/mol. The number of nitriles is 1. The minimum absolute atomic E-state index is 0.128. The maximum atomic E-state index is 12.7. The Kier molecular flexibility index (Phi) is 5.01. The average molecular weight is 359 g/mol. The molecule has 0 amide bonds. The quantitative estimate of drug-likeness (QED) is 0.607. The Bertz CT molecular complexity index is 960. The van der Waals surface area contributed by atoms with Gasteiger partial charge in [-0.2, -0.15) is 5.26 Å². The summed E-state index contributed by atoms with van der Waals surface area (Å²) in [5.41, 5.74) is -0.513. The number of hydrogen-bond donors (Lipinski definition) is 3. The topological polar surface area (TPSA) is 138 Å². The van der Waals surface area contributed by atoms with Crippen LogP contribution in [0.2, 0.25) is 0 Å². The van der Waals surface area contributed by atoms with E-state index in [1.165, 1.54) is 0 Å². The first kappa shape index (κ1) is 18.0. The van der Waals surface area contributed by atoms with E-state index in [2.05, 4.69) is 0 Å². The van der Waals surface area contributed by atoms with E-state index in [9.17, 15) is 24.9 Å². The fraction of sp³-hybridized carbons (Fsp3) is 0.353. The van der Waals surface area contributed by atoms with E-state index in [0.29, 0.717) is 11.1 Å². The van der Waals surface area contributed by atoms with Gasteiger partial charge in [-0.15, -0.1) is 0 Å². The Labute approximate surface area is 147 Å². The van der Waals surface area contributed by atoms with E-state index in [4.69, 9.17) is 10.00 Å². The van der Waals surface area contributed by atoms with Crippen LogP contribution in [0.15, 0.2) is 46.1 Å². The summed E-state index contributed by atoms with van der Waals surface area (Å²) < 4.78 is 7.23. The molecule has 0 unspecified atom stereocenters. The second-order valence-electron chi connectivity index (χ2n) is 5.93. The molecule has 0 spiro atoms. The SMILES string of the molecule is N#Cc1ccccc1Cn1c(=O)ccn([C@@H]2O[C@H](CO)[C@@H](O)[C@@H]2O)c1=O. The van der Waals surface area contributed by atoms with Gasteiger partial charge in [0.15, 0.2) is 6.23 Å². The van der Waals surface area contributed by atoms with Gasteiger partial charge in [-0.25, -0.2) is 4.79 Å². The highest BCUT2D eigenvalue weighted by molar-refractivity contribution is 5.37. The fourth-order valence-corrected chi connectivity index (χ4v) is 2.92. The molecule has 1 fully saturated rings. The zero-order valence-electron chi connectivity index (χ0n) is 13.6. The van der Waals surface area contributed by atoms with Crippen LogP contribution < -0.4 is 11.2 Å². The van der Waals surface area contributed by atoms with E-state index in [1.54, 1.807) is 24.3 Å². The van der Waals surface area contributed by atoms with Gasteiger partial charge in [-0.05, 0) is 11.6 Å². The molecule has 4 atom stereocenters. The van der Waals surface area contributed by atoms with Crippen LogP contribution in [0.3, 0.4) is 0 Å². The van der Waals surface area contributed by atoms with Gasteiger partial charge in [0.1, 0.15) is 18.3 Å². The molecule has 1 saturated heterocycles. The summed E-state index contributed by atoms with van der Waals surface area (Å²) >= 11 is 0. The number of nitrogens with zero attached hydrogens (tertiary/aromatic N) is 3. The van der Waals surface area contributed by atoms with Crippen LogP contribution in [0.1, 0.15) is 17.4 Å². The van der Waals surface area contributed by atoms with Crippen LogP contribution in [0.25, 0.3) is 0 Å². The van der Waals surface area contributed by atoms with E-state index in [0.717, 1.165) is 21.4 Å². The van der Waals surface area contributed by atoms with Crippen LogP contribution in [0.4, 0.5) is 0 Å². The molecule has 1 aliphatic heterocycles. The molecule has 3 N–H and O–H groups in total. The second kappa shape index (κ2) is 7.23. The first-order valence-electron chi connectivity index (χ1n) is 7.90. The monoisotopic (exact) mass is 359 g/mol. The summed E-state index contributed by atoms with van der Waals surface area (Å²) in [4.78, 5) is 24.9. The number of aromatic nitrogens is 2. The van der Waals surface area contributed by atoms with E-state index < -0.39 is 42.4 Å². The van der Waals surface area contributed by atoms with E-state index in [1.807, 2.05) is 6.07 Å². The first-order valence-corrected chi connectivity index (χ1v) is 7.90. The standard InChI is InChI=1S/C17H17N3O6/c18-7-10-3-1-2-4-11(10)8-20-13(22)5-6-19(17(20)25)16-15(24)14(23)12(9-21)26-16/h1-6,12,14-16,21,23-24H,8-9H2/t12-,14-,15+,16-/m1/s1. The number of aliphatic hydroxyl groups excluding tert-OH is 3. The zero-order chi connectivity index (χ0) is 18.8. The Morgan fingerprint density at radius 3 is 2.54 bits per heavy atom. The van der Waals surface area contributed by atoms with Gasteiger partial charge < -0.3 is 20.1 Å². The molecule has 1 aromatic heterocycles. The number of aliphatic hydroxyl groups is 3. The number of benzene rings is 1. The van der Waals surface area contributed by atoms with Crippen molar-refractivity contribution in [3.05, 3.63) is 68.5 Å². The molecule has 2 aromatic rings.